The molecule has 0 aliphatic rings. The molecule has 0 aliphatic carbocycles. The molecule has 1 amide bonds. The van der Waals surface area contributed by atoms with Gasteiger partial charge in [-0.1, -0.05) is 23.2 Å². The third-order valence-corrected chi connectivity index (χ3v) is 3.32. The van der Waals surface area contributed by atoms with Gasteiger partial charge in [-0.2, -0.15) is 5.10 Å². The summed E-state index contributed by atoms with van der Waals surface area (Å²) in [5.41, 5.74) is 2.24. The van der Waals surface area contributed by atoms with Crippen LogP contribution in [0, 0.1) is 10.1 Å². The zero-order chi connectivity index (χ0) is 17.0. The van der Waals surface area contributed by atoms with Gasteiger partial charge < -0.3 is 5.11 Å². The Morgan fingerprint density at radius 2 is 2.00 bits per heavy atom. The third kappa shape index (κ3) is 4.18. The first-order valence-electron chi connectivity index (χ1n) is 6.14. The van der Waals surface area contributed by atoms with Crippen LogP contribution in [-0.4, -0.2) is 22.2 Å². The van der Waals surface area contributed by atoms with E-state index >= 15 is 0 Å². The second-order valence-electron chi connectivity index (χ2n) is 4.32. The number of nitrogens with zero attached hydrogens (tertiary/aromatic N) is 2. The number of rotatable bonds is 4. The number of benzene rings is 2. The smallest absolute Gasteiger partial charge is 0.272 e. The van der Waals surface area contributed by atoms with Gasteiger partial charge >= 0.3 is 0 Å². The molecular weight excluding hydrogens is 345 g/mol. The molecule has 0 saturated carbocycles. The predicted molar refractivity (Wildman–Crippen MR) is 86.3 cm³/mol. The molecule has 0 unspecified atom stereocenters. The van der Waals surface area contributed by atoms with Gasteiger partial charge in [0.1, 0.15) is 5.75 Å². The van der Waals surface area contributed by atoms with Crippen molar-refractivity contribution >= 4 is 41.0 Å². The molecule has 2 aromatic carbocycles. The van der Waals surface area contributed by atoms with E-state index in [2.05, 4.69) is 10.5 Å². The van der Waals surface area contributed by atoms with Gasteiger partial charge in [0, 0.05) is 22.7 Å². The lowest BCUT2D eigenvalue weighted by atomic mass is 10.2. The molecule has 2 rings (SSSR count). The number of nitrogens with one attached hydrogen (secondary N) is 1. The number of hydrazone groups is 1. The van der Waals surface area contributed by atoms with Crippen molar-refractivity contribution in [2.45, 2.75) is 0 Å². The molecule has 9 heteroatoms. The quantitative estimate of drug-likeness (QED) is 0.499. The number of carbonyl (C=O) groups excluding carboxylic acids is 1. The van der Waals surface area contributed by atoms with Crippen molar-refractivity contribution in [2.24, 2.45) is 5.10 Å². The highest BCUT2D eigenvalue weighted by atomic mass is 35.5. The van der Waals surface area contributed by atoms with Crippen LogP contribution in [0.2, 0.25) is 10.0 Å². The van der Waals surface area contributed by atoms with Gasteiger partial charge in [-0.25, -0.2) is 5.43 Å². The first kappa shape index (κ1) is 16.7. The van der Waals surface area contributed by atoms with E-state index in [1.54, 1.807) is 0 Å². The first-order chi connectivity index (χ1) is 10.9. The Hall–Kier alpha value is -2.64. The lowest BCUT2D eigenvalue weighted by molar-refractivity contribution is -0.384. The summed E-state index contributed by atoms with van der Waals surface area (Å²) in [5.74, 6) is -0.800. The van der Waals surface area contributed by atoms with Crippen LogP contribution in [0.4, 0.5) is 5.69 Å². The first-order valence-corrected chi connectivity index (χ1v) is 6.90. The molecule has 118 valence electrons. The highest BCUT2D eigenvalue weighted by Crippen LogP contribution is 2.22. The summed E-state index contributed by atoms with van der Waals surface area (Å²) in [4.78, 5) is 22.0. The lowest BCUT2D eigenvalue weighted by Gasteiger charge is -2.03. The summed E-state index contributed by atoms with van der Waals surface area (Å²) in [5, 5.41) is 24.5. The standard InChI is InChI=1S/C14H9Cl2N3O4/c15-9-1-3-11(12(16)6-9)14(21)18-17-7-8-5-10(19(22)23)2-4-13(8)20/h1-7,20H,(H,18,21). The number of nitro groups is 1. The van der Waals surface area contributed by atoms with E-state index in [9.17, 15) is 20.0 Å². The molecule has 2 aromatic rings. The molecule has 7 nitrogen and oxygen atoms in total. The SMILES string of the molecule is O=C(NN=Cc1cc([N+](=O)[O-])ccc1O)c1ccc(Cl)cc1Cl. The monoisotopic (exact) mass is 353 g/mol. The van der Waals surface area contributed by atoms with Crippen molar-refractivity contribution in [3.63, 3.8) is 0 Å². The number of hydrogen-bond donors (Lipinski definition) is 2. The van der Waals surface area contributed by atoms with Crippen LogP contribution in [0.5, 0.6) is 5.75 Å². The molecule has 0 heterocycles. The van der Waals surface area contributed by atoms with E-state index in [0.29, 0.717) is 5.02 Å². The molecule has 0 spiro atoms. The number of nitro benzene ring substituents is 1. The minimum Gasteiger partial charge on any atom is -0.507 e. The fourth-order valence-electron chi connectivity index (χ4n) is 1.65. The number of hydrogen-bond acceptors (Lipinski definition) is 5. The van der Waals surface area contributed by atoms with Crippen LogP contribution in [0.3, 0.4) is 0 Å². The minimum absolute atomic E-state index is 0.0849. The summed E-state index contributed by atoms with van der Waals surface area (Å²) in [6.45, 7) is 0. The van der Waals surface area contributed by atoms with E-state index in [4.69, 9.17) is 23.2 Å². The maximum atomic E-state index is 11.9. The van der Waals surface area contributed by atoms with Gasteiger partial charge in [0.15, 0.2) is 0 Å². The highest BCUT2D eigenvalue weighted by molar-refractivity contribution is 6.36. The molecule has 0 aromatic heterocycles. The number of amides is 1. The topological polar surface area (TPSA) is 105 Å². The summed E-state index contributed by atoms with van der Waals surface area (Å²) in [6.07, 6.45) is 1.09. The Kier molecular flexibility index (Phi) is 5.15. The van der Waals surface area contributed by atoms with Crippen LogP contribution in [-0.2, 0) is 0 Å². The van der Waals surface area contributed by atoms with Crippen LogP contribution in [0.25, 0.3) is 0 Å². The average Bonchev–Trinajstić information content (AvgIpc) is 2.48. The summed E-state index contributed by atoms with van der Waals surface area (Å²) in [6, 6.07) is 7.78. The maximum absolute atomic E-state index is 11.9. The summed E-state index contributed by atoms with van der Waals surface area (Å²) >= 11 is 11.6. The molecular formula is C14H9Cl2N3O4. The Morgan fingerprint density at radius 3 is 2.65 bits per heavy atom. The lowest BCUT2D eigenvalue weighted by Crippen LogP contribution is -2.18. The fourth-order valence-corrected chi connectivity index (χ4v) is 2.15. The number of phenols is 1. The minimum atomic E-state index is -0.608. The number of aromatic hydroxyl groups is 1. The number of halogens is 2. The van der Waals surface area contributed by atoms with Crippen molar-refractivity contribution in [2.75, 3.05) is 0 Å². The average molecular weight is 354 g/mol. The largest absolute Gasteiger partial charge is 0.507 e. The molecule has 0 bridgehead atoms. The van der Waals surface area contributed by atoms with Crippen molar-refractivity contribution in [3.05, 3.63) is 67.7 Å². The number of phenolic OH excluding ortho intramolecular Hbond substituents is 1. The fraction of sp³-hybridized carbons (Fsp3) is 0. The summed E-state index contributed by atoms with van der Waals surface area (Å²) in [7, 11) is 0. The van der Waals surface area contributed by atoms with Crippen LogP contribution >= 0.6 is 23.2 Å². The zero-order valence-electron chi connectivity index (χ0n) is 11.4. The molecule has 0 saturated heterocycles. The second kappa shape index (κ2) is 7.08. The van der Waals surface area contributed by atoms with Gasteiger partial charge in [0.25, 0.3) is 11.6 Å². The van der Waals surface area contributed by atoms with Gasteiger partial charge in [0.05, 0.1) is 21.7 Å². The van der Waals surface area contributed by atoms with Crippen molar-refractivity contribution in [1.29, 1.82) is 0 Å². The van der Waals surface area contributed by atoms with Gasteiger partial charge in [-0.05, 0) is 24.3 Å². The number of non-ortho nitro benzene ring substituents is 1. The number of carbonyl (C=O) groups is 1. The van der Waals surface area contributed by atoms with Gasteiger partial charge in [-0.3, -0.25) is 14.9 Å². The van der Waals surface area contributed by atoms with Crippen LogP contribution < -0.4 is 5.43 Å². The zero-order valence-corrected chi connectivity index (χ0v) is 12.9. The molecule has 0 atom stereocenters. The predicted octanol–water partition coefficient (Wildman–Crippen LogP) is 3.37. The molecule has 23 heavy (non-hydrogen) atoms. The van der Waals surface area contributed by atoms with E-state index in [-0.39, 0.29) is 27.6 Å². The Labute approximate surface area is 140 Å². The Bertz CT molecular complexity index is 809. The highest BCUT2D eigenvalue weighted by Gasteiger charge is 2.11. The van der Waals surface area contributed by atoms with E-state index < -0.39 is 10.8 Å². The molecule has 2 N–H and O–H groups in total. The van der Waals surface area contributed by atoms with Crippen LogP contribution in [0.15, 0.2) is 41.5 Å². The molecule has 0 aliphatic heterocycles. The van der Waals surface area contributed by atoms with E-state index in [1.165, 1.54) is 18.2 Å². The van der Waals surface area contributed by atoms with Crippen LogP contribution in [0.1, 0.15) is 15.9 Å². The van der Waals surface area contributed by atoms with E-state index in [1.807, 2.05) is 0 Å². The molecule has 0 radical (unpaired) electrons. The third-order valence-electron chi connectivity index (χ3n) is 2.77. The Balaban J connectivity index is 2.14. The van der Waals surface area contributed by atoms with Crippen molar-refractivity contribution in [1.82, 2.24) is 5.43 Å². The second-order valence-corrected chi connectivity index (χ2v) is 5.17. The summed E-state index contributed by atoms with van der Waals surface area (Å²) < 4.78 is 0. The van der Waals surface area contributed by atoms with E-state index in [0.717, 1.165) is 24.4 Å². The van der Waals surface area contributed by atoms with Gasteiger partial charge in [0.2, 0.25) is 0 Å². The normalized spacial score (nSPS) is 10.7. The van der Waals surface area contributed by atoms with Crippen molar-refractivity contribution in [3.8, 4) is 5.75 Å². The molecule has 0 fully saturated rings. The van der Waals surface area contributed by atoms with Crippen molar-refractivity contribution < 1.29 is 14.8 Å². The maximum Gasteiger partial charge on any atom is 0.272 e. The van der Waals surface area contributed by atoms with Gasteiger partial charge in [-0.15, -0.1) is 0 Å². The Morgan fingerprint density at radius 1 is 1.26 bits per heavy atom.